The average molecular weight is 247 g/mol. The third-order valence-electron chi connectivity index (χ3n) is 1.50. The van der Waals surface area contributed by atoms with E-state index in [1.54, 1.807) is 11.3 Å². The lowest BCUT2D eigenvalue weighted by Crippen LogP contribution is -2.22. The summed E-state index contributed by atoms with van der Waals surface area (Å²) in [7, 11) is 0. The van der Waals surface area contributed by atoms with Gasteiger partial charge in [0.25, 0.3) is 0 Å². The number of Topliss-reactive ketones (excluding diaryl/α,β-unsaturated/α-hetero) is 1. The van der Waals surface area contributed by atoms with Gasteiger partial charge >= 0.3 is 0 Å². The highest BCUT2D eigenvalue weighted by Crippen LogP contribution is 2.26. The second-order valence-electron chi connectivity index (χ2n) is 3.21. The maximum absolute atomic E-state index is 11.6. The highest BCUT2D eigenvalue weighted by atomic mass is 79.9. The Hall–Kier alpha value is -0.150. The molecule has 0 unspecified atom stereocenters. The Morgan fingerprint density at radius 2 is 2.08 bits per heavy atom. The molecule has 0 aromatic carbocycles. The molecule has 1 aromatic heterocycles. The van der Waals surface area contributed by atoms with Crippen LogP contribution in [-0.2, 0) is 0 Å². The Morgan fingerprint density at radius 1 is 1.50 bits per heavy atom. The van der Waals surface area contributed by atoms with E-state index in [-0.39, 0.29) is 5.78 Å². The average Bonchev–Trinajstić information content (AvgIpc) is 2.32. The summed E-state index contributed by atoms with van der Waals surface area (Å²) in [6.07, 6.45) is 0. The Balaban J connectivity index is 2.93. The van der Waals surface area contributed by atoms with E-state index < -0.39 is 4.32 Å². The zero-order valence-electron chi connectivity index (χ0n) is 7.35. The van der Waals surface area contributed by atoms with Crippen LogP contribution in [0, 0.1) is 6.92 Å². The minimum Gasteiger partial charge on any atom is -0.292 e. The van der Waals surface area contributed by atoms with E-state index in [0.717, 1.165) is 4.88 Å². The van der Waals surface area contributed by atoms with Gasteiger partial charge in [-0.05, 0) is 32.9 Å². The molecular weight excluding hydrogens is 236 g/mol. The third kappa shape index (κ3) is 2.17. The summed E-state index contributed by atoms with van der Waals surface area (Å²) in [6, 6.07) is 3.85. The summed E-state index contributed by atoms with van der Waals surface area (Å²) in [5, 5.41) is 0. The first-order valence-corrected chi connectivity index (χ1v) is 5.32. The SMILES string of the molecule is Cc1ccc(C(=O)C(C)(C)Br)s1. The van der Waals surface area contributed by atoms with Crippen molar-refractivity contribution < 1.29 is 4.79 Å². The zero-order chi connectivity index (χ0) is 9.35. The summed E-state index contributed by atoms with van der Waals surface area (Å²) < 4.78 is -0.440. The first kappa shape index (κ1) is 9.93. The lowest BCUT2D eigenvalue weighted by molar-refractivity contribution is 0.0965. The van der Waals surface area contributed by atoms with Gasteiger partial charge in [-0.3, -0.25) is 4.79 Å². The van der Waals surface area contributed by atoms with Crippen LogP contribution in [0.4, 0.5) is 0 Å². The van der Waals surface area contributed by atoms with Crippen LogP contribution in [0.15, 0.2) is 12.1 Å². The molecule has 1 heterocycles. The van der Waals surface area contributed by atoms with Crippen molar-refractivity contribution in [3.8, 4) is 0 Å². The number of thiophene rings is 1. The number of hydrogen-bond donors (Lipinski definition) is 0. The topological polar surface area (TPSA) is 17.1 Å². The van der Waals surface area contributed by atoms with Gasteiger partial charge in [-0.25, -0.2) is 0 Å². The predicted octanol–water partition coefficient (Wildman–Crippen LogP) is 3.41. The van der Waals surface area contributed by atoms with E-state index in [2.05, 4.69) is 15.9 Å². The van der Waals surface area contributed by atoms with Crippen LogP contribution in [-0.4, -0.2) is 10.1 Å². The molecule has 0 aliphatic carbocycles. The minimum absolute atomic E-state index is 0.153. The predicted molar refractivity (Wildman–Crippen MR) is 56.4 cm³/mol. The monoisotopic (exact) mass is 246 g/mol. The Morgan fingerprint density at radius 3 is 2.42 bits per heavy atom. The molecule has 0 fully saturated rings. The molecule has 12 heavy (non-hydrogen) atoms. The molecule has 66 valence electrons. The second kappa shape index (κ2) is 3.30. The molecule has 1 aromatic rings. The number of carbonyl (C=O) groups is 1. The highest BCUT2D eigenvalue weighted by Gasteiger charge is 2.25. The van der Waals surface area contributed by atoms with Gasteiger partial charge in [0.2, 0.25) is 0 Å². The molecule has 0 spiro atoms. The normalized spacial score (nSPS) is 11.7. The molecule has 0 atom stereocenters. The molecule has 0 bridgehead atoms. The Kier molecular flexibility index (Phi) is 2.74. The van der Waals surface area contributed by atoms with Crippen LogP contribution in [0.2, 0.25) is 0 Å². The first-order valence-electron chi connectivity index (χ1n) is 3.71. The summed E-state index contributed by atoms with van der Waals surface area (Å²) in [6.45, 7) is 5.73. The molecule has 0 saturated carbocycles. The number of carbonyl (C=O) groups excluding carboxylic acids is 1. The van der Waals surface area contributed by atoms with Crippen molar-refractivity contribution in [2.24, 2.45) is 0 Å². The lowest BCUT2D eigenvalue weighted by atomic mass is 10.1. The molecule has 0 aliphatic heterocycles. The van der Waals surface area contributed by atoms with Gasteiger partial charge in [-0.1, -0.05) is 15.9 Å². The molecule has 1 nitrogen and oxygen atoms in total. The van der Waals surface area contributed by atoms with Crippen LogP contribution in [0.3, 0.4) is 0 Å². The summed E-state index contributed by atoms with van der Waals surface area (Å²) in [5.74, 6) is 0.153. The number of alkyl halides is 1. The molecule has 0 aliphatic rings. The number of rotatable bonds is 2. The van der Waals surface area contributed by atoms with E-state index in [0.29, 0.717) is 0 Å². The van der Waals surface area contributed by atoms with Gasteiger partial charge < -0.3 is 0 Å². The van der Waals surface area contributed by atoms with Gasteiger partial charge in [0, 0.05) is 4.88 Å². The van der Waals surface area contributed by atoms with Gasteiger partial charge in [0.15, 0.2) is 5.78 Å². The number of ketones is 1. The minimum atomic E-state index is -0.440. The maximum atomic E-state index is 11.6. The molecule has 3 heteroatoms. The fraction of sp³-hybridized carbons (Fsp3) is 0.444. The Labute approximate surface area is 84.9 Å². The molecule has 0 saturated heterocycles. The van der Waals surface area contributed by atoms with Crippen molar-refractivity contribution in [3.05, 3.63) is 21.9 Å². The first-order chi connectivity index (χ1) is 5.41. The zero-order valence-corrected chi connectivity index (χ0v) is 9.75. The fourth-order valence-electron chi connectivity index (χ4n) is 0.850. The largest absolute Gasteiger partial charge is 0.292 e. The lowest BCUT2D eigenvalue weighted by Gasteiger charge is -2.12. The summed E-state index contributed by atoms with van der Waals surface area (Å²) in [5.41, 5.74) is 0. The van der Waals surface area contributed by atoms with Crippen molar-refractivity contribution in [1.82, 2.24) is 0 Å². The van der Waals surface area contributed by atoms with Crippen LogP contribution >= 0.6 is 27.3 Å². The smallest absolute Gasteiger partial charge is 0.188 e. The number of hydrogen-bond acceptors (Lipinski definition) is 2. The van der Waals surface area contributed by atoms with Gasteiger partial charge in [-0.15, -0.1) is 11.3 Å². The van der Waals surface area contributed by atoms with E-state index in [1.165, 1.54) is 4.88 Å². The third-order valence-corrected chi connectivity index (χ3v) is 2.86. The van der Waals surface area contributed by atoms with Gasteiger partial charge in [-0.2, -0.15) is 0 Å². The van der Waals surface area contributed by atoms with Gasteiger partial charge in [0.05, 0.1) is 9.20 Å². The molecule has 0 amide bonds. The molecule has 0 N–H and O–H groups in total. The fourth-order valence-corrected chi connectivity index (χ4v) is 2.16. The van der Waals surface area contributed by atoms with Gasteiger partial charge in [0.1, 0.15) is 0 Å². The van der Waals surface area contributed by atoms with Crippen molar-refractivity contribution in [3.63, 3.8) is 0 Å². The van der Waals surface area contributed by atoms with Crippen molar-refractivity contribution in [2.45, 2.75) is 25.1 Å². The second-order valence-corrected chi connectivity index (χ2v) is 6.48. The standard InChI is InChI=1S/C9H11BrOS/c1-6-4-5-7(12-6)8(11)9(2,3)10/h4-5H,1-3H3. The van der Waals surface area contributed by atoms with Crippen molar-refractivity contribution in [1.29, 1.82) is 0 Å². The number of halogens is 1. The van der Waals surface area contributed by atoms with Crippen molar-refractivity contribution >= 4 is 33.0 Å². The van der Waals surface area contributed by atoms with Crippen LogP contribution < -0.4 is 0 Å². The molecular formula is C9H11BrOS. The number of aryl methyl sites for hydroxylation is 1. The maximum Gasteiger partial charge on any atom is 0.188 e. The molecule has 0 radical (unpaired) electrons. The van der Waals surface area contributed by atoms with Crippen LogP contribution in [0.25, 0.3) is 0 Å². The van der Waals surface area contributed by atoms with E-state index in [9.17, 15) is 4.79 Å². The molecule has 1 rings (SSSR count). The Bertz CT molecular complexity index is 296. The van der Waals surface area contributed by atoms with Crippen LogP contribution in [0.1, 0.15) is 28.4 Å². The summed E-state index contributed by atoms with van der Waals surface area (Å²) >= 11 is 4.89. The van der Waals surface area contributed by atoms with Crippen molar-refractivity contribution in [2.75, 3.05) is 0 Å². The van der Waals surface area contributed by atoms with E-state index in [4.69, 9.17) is 0 Å². The highest BCUT2D eigenvalue weighted by molar-refractivity contribution is 9.10. The van der Waals surface area contributed by atoms with E-state index >= 15 is 0 Å². The van der Waals surface area contributed by atoms with Crippen LogP contribution in [0.5, 0.6) is 0 Å². The quantitative estimate of drug-likeness (QED) is 0.578. The summed E-state index contributed by atoms with van der Waals surface area (Å²) in [4.78, 5) is 13.6. The van der Waals surface area contributed by atoms with E-state index in [1.807, 2.05) is 32.9 Å².